The van der Waals surface area contributed by atoms with E-state index >= 15 is 0 Å². The SMILES string of the molecule is CC1CCN(S(=O)(=O)c2ccc(NC[C@@H](C(C)C)N(C)C)c([N+](=O)[O-])c2)CC1. The Labute approximate surface area is 168 Å². The van der Waals surface area contributed by atoms with Crippen LogP contribution in [0.25, 0.3) is 0 Å². The van der Waals surface area contributed by atoms with Crippen LogP contribution in [0.4, 0.5) is 11.4 Å². The van der Waals surface area contributed by atoms with E-state index < -0.39 is 14.9 Å². The summed E-state index contributed by atoms with van der Waals surface area (Å²) in [6.45, 7) is 7.73. The van der Waals surface area contributed by atoms with Crippen LogP contribution in [0.15, 0.2) is 23.1 Å². The van der Waals surface area contributed by atoms with Crippen LogP contribution in [0, 0.1) is 22.0 Å². The second-order valence-corrected chi connectivity index (χ2v) is 10.1. The number of likely N-dealkylation sites (N-methyl/N-ethyl adjacent to an activating group) is 1. The molecule has 1 aliphatic rings. The molecule has 1 aromatic rings. The van der Waals surface area contributed by atoms with Crippen molar-refractivity contribution in [2.45, 2.75) is 44.6 Å². The Morgan fingerprint density at radius 3 is 2.39 bits per heavy atom. The number of hydrogen-bond donors (Lipinski definition) is 1. The average molecular weight is 413 g/mol. The van der Waals surface area contributed by atoms with Gasteiger partial charge in [0.2, 0.25) is 10.0 Å². The van der Waals surface area contributed by atoms with Gasteiger partial charge in [-0.2, -0.15) is 4.31 Å². The number of nitrogens with one attached hydrogen (secondary N) is 1. The first-order chi connectivity index (χ1) is 13.0. The van der Waals surface area contributed by atoms with Crippen LogP contribution in [0.3, 0.4) is 0 Å². The van der Waals surface area contributed by atoms with E-state index in [9.17, 15) is 18.5 Å². The molecule has 0 bridgehead atoms. The van der Waals surface area contributed by atoms with Crippen LogP contribution in [-0.2, 0) is 10.0 Å². The van der Waals surface area contributed by atoms with Gasteiger partial charge in [-0.25, -0.2) is 8.42 Å². The van der Waals surface area contributed by atoms with Gasteiger partial charge in [-0.15, -0.1) is 0 Å². The summed E-state index contributed by atoms with van der Waals surface area (Å²) in [5.41, 5.74) is 0.122. The lowest BCUT2D eigenvalue weighted by molar-refractivity contribution is -0.384. The van der Waals surface area contributed by atoms with Crippen LogP contribution in [-0.4, -0.2) is 62.3 Å². The highest BCUT2D eigenvalue weighted by Crippen LogP contribution is 2.30. The number of nitro benzene ring substituents is 1. The minimum absolute atomic E-state index is 0.0210. The molecule has 1 aromatic carbocycles. The molecule has 8 nitrogen and oxygen atoms in total. The molecule has 1 aliphatic heterocycles. The molecule has 1 saturated heterocycles. The molecule has 0 aromatic heterocycles. The fourth-order valence-corrected chi connectivity index (χ4v) is 5.07. The van der Waals surface area contributed by atoms with Crippen molar-refractivity contribution in [2.24, 2.45) is 11.8 Å². The van der Waals surface area contributed by atoms with E-state index in [0.717, 1.165) is 12.8 Å². The van der Waals surface area contributed by atoms with E-state index in [4.69, 9.17) is 0 Å². The van der Waals surface area contributed by atoms with Crippen molar-refractivity contribution in [3.05, 3.63) is 28.3 Å². The lowest BCUT2D eigenvalue weighted by Crippen LogP contribution is -2.39. The molecule has 2 rings (SSSR count). The van der Waals surface area contributed by atoms with Gasteiger partial charge in [0.1, 0.15) is 5.69 Å². The van der Waals surface area contributed by atoms with Gasteiger partial charge in [-0.05, 0) is 50.9 Å². The zero-order valence-corrected chi connectivity index (χ0v) is 18.2. The smallest absolute Gasteiger partial charge is 0.293 e. The van der Waals surface area contributed by atoms with Crippen LogP contribution in [0.5, 0.6) is 0 Å². The summed E-state index contributed by atoms with van der Waals surface area (Å²) in [4.78, 5) is 13.1. The van der Waals surface area contributed by atoms with Crippen molar-refractivity contribution in [3.63, 3.8) is 0 Å². The predicted molar refractivity (Wildman–Crippen MR) is 111 cm³/mol. The van der Waals surface area contributed by atoms with Gasteiger partial charge in [-0.1, -0.05) is 20.8 Å². The Balaban J connectivity index is 2.26. The number of anilines is 1. The number of piperidine rings is 1. The van der Waals surface area contributed by atoms with Crippen LogP contribution in [0.2, 0.25) is 0 Å². The number of hydrogen-bond acceptors (Lipinski definition) is 6. The van der Waals surface area contributed by atoms with Crippen LogP contribution in [0.1, 0.15) is 33.6 Å². The first-order valence-corrected chi connectivity index (χ1v) is 11.2. The Bertz CT molecular complexity index is 779. The summed E-state index contributed by atoms with van der Waals surface area (Å²) in [5, 5.41) is 14.7. The van der Waals surface area contributed by atoms with Gasteiger partial charge in [0.15, 0.2) is 0 Å². The summed E-state index contributed by atoms with van der Waals surface area (Å²) in [6.07, 6.45) is 1.62. The Morgan fingerprint density at radius 1 is 1.29 bits per heavy atom. The van der Waals surface area contributed by atoms with E-state index in [2.05, 4.69) is 31.0 Å². The monoisotopic (exact) mass is 412 g/mol. The molecule has 0 saturated carbocycles. The lowest BCUT2D eigenvalue weighted by Gasteiger charge is -2.29. The van der Waals surface area contributed by atoms with Crippen molar-refractivity contribution in [2.75, 3.05) is 39.0 Å². The average Bonchev–Trinajstić information content (AvgIpc) is 2.61. The van der Waals surface area contributed by atoms with Gasteiger partial charge >= 0.3 is 0 Å². The van der Waals surface area contributed by atoms with E-state index in [1.54, 1.807) is 0 Å². The Morgan fingerprint density at radius 2 is 1.89 bits per heavy atom. The highest BCUT2D eigenvalue weighted by molar-refractivity contribution is 7.89. The third kappa shape index (κ3) is 5.21. The molecule has 1 N–H and O–H groups in total. The summed E-state index contributed by atoms with van der Waals surface area (Å²) in [7, 11) is 0.213. The molecule has 0 aliphatic carbocycles. The molecule has 0 spiro atoms. The largest absolute Gasteiger partial charge is 0.378 e. The molecule has 0 radical (unpaired) electrons. The highest BCUT2D eigenvalue weighted by atomic mass is 32.2. The summed E-state index contributed by atoms with van der Waals surface area (Å²) < 4.78 is 27.2. The topological polar surface area (TPSA) is 95.8 Å². The van der Waals surface area contributed by atoms with Crippen molar-refractivity contribution < 1.29 is 13.3 Å². The first-order valence-electron chi connectivity index (χ1n) is 9.73. The second-order valence-electron chi connectivity index (χ2n) is 8.18. The number of nitro groups is 1. The Hall–Kier alpha value is -1.71. The van der Waals surface area contributed by atoms with Gasteiger partial charge < -0.3 is 10.2 Å². The highest BCUT2D eigenvalue weighted by Gasteiger charge is 2.30. The van der Waals surface area contributed by atoms with Gasteiger partial charge in [0, 0.05) is 31.7 Å². The zero-order chi connectivity index (χ0) is 21.1. The third-order valence-electron chi connectivity index (χ3n) is 5.48. The fraction of sp³-hybridized carbons (Fsp3) is 0.684. The van der Waals surface area contributed by atoms with Gasteiger partial charge in [0.25, 0.3) is 5.69 Å². The number of sulfonamides is 1. The minimum atomic E-state index is -3.72. The van der Waals surface area contributed by atoms with Crippen LogP contribution >= 0.6 is 0 Å². The number of nitrogens with zero attached hydrogens (tertiary/aromatic N) is 3. The fourth-order valence-electron chi connectivity index (χ4n) is 3.58. The maximum Gasteiger partial charge on any atom is 0.293 e. The number of rotatable bonds is 8. The summed E-state index contributed by atoms with van der Waals surface area (Å²) in [6, 6.07) is 4.33. The summed E-state index contributed by atoms with van der Waals surface area (Å²) in [5.74, 6) is 0.862. The van der Waals surface area contributed by atoms with Gasteiger partial charge in [0.05, 0.1) is 9.82 Å². The molecule has 9 heteroatoms. The third-order valence-corrected chi connectivity index (χ3v) is 7.38. The number of benzene rings is 1. The van der Waals surface area contributed by atoms with E-state index in [1.807, 2.05) is 14.1 Å². The zero-order valence-electron chi connectivity index (χ0n) is 17.4. The first kappa shape index (κ1) is 22.6. The van der Waals surface area contributed by atoms with Crippen LogP contribution < -0.4 is 5.32 Å². The summed E-state index contributed by atoms with van der Waals surface area (Å²) >= 11 is 0. The molecule has 1 atom stereocenters. The maximum atomic E-state index is 12.9. The van der Waals surface area contributed by atoms with Crippen molar-refractivity contribution in [1.29, 1.82) is 0 Å². The molecule has 28 heavy (non-hydrogen) atoms. The van der Waals surface area contributed by atoms with E-state index in [0.29, 0.717) is 37.2 Å². The van der Waals surface area contributed by atoms with Gasteiger partial charge in [-0.3, -0.25) is 10.1 Å². The molecular weight excluding hydrogens is 380 g/mol. The van der Waals surface area contributed by atoms with E-state index in [1.165, 1.54) is 22.5 Å². The normalized spacial score (nSPS) is 17.8. The molecule has 1 heterocycles. The molecular formula is C19H32N4O4S. The molecule has 0 unspecified atom stereocenters. The molecule has 0 amide bonds. The minimum Gasteiger partial charge on any atom is -0.378 e. The second kappa shape index (κ2) is 9.19. The van der Waals surface area contributed by atoms with Crippen molar-refractivity contribution in [1.82, 2.24) is 9.21 Å². The van der Waals surface area contributed by atoms with Crippen molar-refractivity contribution >= 4 is 21.4 Å². The molecule has 158 valence electrons. The van der Waals surface area contributed by atoms with Crippen molar-refractivity contribution in [3.8, 4) is 0 Å². The lowest BCUT2D eigenvalue weighted by atomic mass is 10.0. The standard InChI is InChI=1S/C19H32N4O4S/c1-14(2)19(21(4)5)13-20-17-7-6-16(12-18(17)23(24)25)28(26,27)22-10-8-15(3)9-11-22/h6-7,12,14-15,19-20H,8-11,13H2,1-5H3/t19-/m0/s1. The predicted octanol–water partition coefficient (Wildman–Crippen LogP) is 3.01. The Kier molecular flexibility index (Phi) is 7.41. The quantitative estimate of drug-likeness (QED) is 0.521. The maximum absolute atomic E-state index is 12.9. The molecule has 1 fully saturated rings. The van der Waals surface area contributed by atoms with E-state index in [-0.39, 0.29) is 16.6 Å².